The number of ether oxygens (including phenoxy) is 2. The van der Waals surface area contributed by atoms with Crippen LogP contribution in [0.2, 0.25) is 0 Å². The molecule has 0 heterocycles. The van der Waals surface area contributed by atoms with Crippen LogP contribution in [0, 0.1) is 23.7 Å². The molecular formula is C22H38O4. The average molecular weight is 367 g/mol. The fraction of sp³-hybridized carbons (Fsp3) is 0.818. The van der Waals surface area contributed by atoms with Crippen LogP contribution in [-0.2, 0) is 19.1 Å². The van der Waals surface area contributed by atoms with Crippen molar-refractivity contribution >= 4 is 11.9 Å². The molecule has 0 unspecified atom stereocenters. The van der Waals surface area contributed by atoms with Crippen LogP contribution in [0.25, 0.3) is 0 Å². The van der Waals surface area contributed by atoms with Crippen LogP contribution >= 0.6 is 0 Å². The Bertz CT molecular complexity index is 482. The normalized spacial score (nSPS) is 16.8. The van der Waals surface area contributed by atoms with E-state index in [-0.39, 0.29) is 35.6 Å². The molecule has 0 aliphatic heterocycles. The fourth-order valence-electron chi connectivity index (χ4n) is 3.29. The van der Waals surface area contributed by atoms with Gasteiger partial charge in [0.1, 0.15) is 0 Å². The van der Waals surface area contributed by atoms with Crippen LogP contribution in [0.15, 0.2) is 11.1 Å². The highest BCUT2D eigenvalue weighted by Gasteiger charge is 2.31. The lowest BCUT2D eigenvalue weighted by atomic mass is 9.80. The van der Waals surface area contributed by atoms with E-state index in [1.807, 2.05) is 27.7 Å². The molecule has 0 N–H and O–H groups in total. The maximum absolute atomic E-state index is 12.9. The van der Waals surface area contributed by atoms with Gasteiger partial charge in [-0.3, -0.25) is 0 Å². The Labute approximate surface area is 159 Å². The highest BCUT2D eigenvalue weighted by Crippen LogP contribution is 2.34. The van der Waals surface area contributed by atoms with Crippen LogP contribution in [0.3, 0.4) is 0 Å². The lowest BCUT2D eigenvalue weighted by Crippen LogP contribution is -2.26. The molecule has 0 bridgehead atoms. The second-order valence-corrected chi connectivity index (χ2v) is 8.81. The van der Waals surface area contributed by atoms with E-state index in [2.05, 4.69) is 13.8 Å². The minimum atomic E-state index is -0.338. The molecule has 4 heteroatoms. The summed E-state index contributed by atoms with van der Waals surface area (Å²) in [4.78, 5) is 25.7. The van der Waals surface area contributed by atoms with E-state index in [1.54, 1.807) is 0 Å². The van der Waals surface area contributed by atoms with Gasteiger partial charge in [-0.25, -0.2) is 9.59 Å². The standard InChI is InChI=1S/C22H38O4/c1-15(2)12-19(21(23)25-13-16(3)4)20(18-10-8-7-9-11-18)22(24)26-14-17(5)6/h15-18H,7-14H2,1-6H3. The lowest BCUT2D eigenvalue weighted by Gasteiger charge is -2.26. The molecule has 1 rings (SSSR count). The molecule has 0 amide bonds. The Hall–Kier alpha value is -1.32. The van der Waals surface area contributed by atoms with Crippen molar-refractivity contribution in [3.05, 3.63) is 11.1 Å². The highest BCUT2D eigenvalue weighted by atomic mass is 16.5. The quantitative estimate of drug-likeness (QED) is 0.410. The molecule has 150 valence electrons. The van der Waals surface area contributed by atoms with Crippen molar-refractivity contribution < 1.29 is 19.1 Å². The third kappa shape index (κ3) is 7.92. The minimum Gasteiger partial charge on any atom is -0.462 e. The van der Waals surface area contributed by atoms with Crippen molar-refractivity contribution in [3.63, 3.8) is 0 Å². The molecular weight excluding hydrogens is 328 g/mol. The van der Waals surface area contributed by atoms with Gasteiger partial charge in [-0.2, -0.15) is 0 Å². The van der Waals surface area contributed by atoms with E-state index >= 15 is 0 Å². The second-order valence-electron chi connectivity index (χ2n) is 8.81. The van der Waals surface area contributed by atoms with Gasteiger partial charge in [0.25, 0.3) is 0 Å². The van der Waals surface area contributed by atoms with Gasteiger partial charge in [-0.05, 0) is 42.9 Å². The predicted molar refractivity (Wildman–Crippen MR) is 105 cm³/mol. The number of rotatable bonds is 9. The van der Waals surface area contributed by atoms with Gasteiger partial charge in [-0.15, -0.1) is 0 Å². The molecule has 0 aromatic carbocycles. The molecule has 1 fully saturated rings. The first-order valence-electron chi connectivity index (χ1n) is 10.3. The largest absolute Gasteiger partial charge is 0.462 e. The van der Waals surface area contributed by atoms with Gasteiger partial charge in [0.2, 0.25) is 0 Å². The third-order valence-electron chi connectivity index (χ3n) is 4.51. The Balaban J connectivity index is 3.19. The molecule has 0 radical (unpaired) electrons. The summed E-state index contributed by atoms with van der Waals surface area (Å²) < 4.78 is 11.1. The molecule has 26 heavy (non-hydrogen) atoms. The van der Waals surface area contributed by atoms with Crippen molar-refractivity contribution in [2.75, 3.05) is 13.2 Å². The molecule has 0 atom stereocenters. The minimum absolute atomic E-state index is 0.115. The van der Waals surface area contributed by atoms with Crippen molar-refractivity contribution in [2.45, 2.75) is 80.1 Å². The number of hydrogen-bond acceptors (Lipinski definition) is 4. The summed E-state index contributed by atoms with van der Waals surface area (Å²) in [5.74, 6) is 0.271. The molecule has 0 spiro atoms. The van der Waals surface area contributed by atoms with Gasteiger partial charge >= 0.3 is 11.9 Å². The van der Waals surface area contributed by atoms with Gasteiger partial charge in [0.05, 0.1) is 18.8 Å². The fourth-order valence-corrected chi connectivity index (χ4v) is 3.29. The number of carbonyl (C=O) groups excluding carboxylic acids is 2. The van der Waals surface area contributed by atoms with E-state index < -0.39 is 0 Å². The van der Waals surface area contributed by atoms with Gasteiger partial charge < -0.3 is 9.47 Å². The first kappa shape index (κ1) is 22.7. The Morgan fingerprint density at radius 3 is 1.73 bits per heavy atom. The van der Waals surface area contributed by atoms with Crippen LogP contribution in [-0.4, -0.2) is 25.2 Å². The van der Waals surface area contributed by atoms with E-state index in [1.165, 1.54) is 6.42 Å². The van der Waals surface area contributed by atoms with Gasteiger partial charge in [0.15, 0.2) is 0 Å². The molecule has 1 aliphatic rings. The SMILES string of the molecule is CC(C)COC(=O)C(CC(C)C)=C(C(=O)OCC(C)C)C1CCCCC1. The smallest absolute Gasteiger partial charge is 0.334 e. The Morgan fingerprint density at radius 2 is 1.27 bits per heavy atom. The van der Waals surface area contributed by atoms with Crippen molar-refractivity contribution in [1.82, 2.24) is 0 Å². The summed E-state index contributed by atoms with van der Waals surface area (Å²) in [5.41, 5.74) is 1.13. The summed E-state index contributed by atoms with van der Waals surface area (Å²) in [6, 6.07) is 0. The van der Waals surface area contributed by atoms with Gasteiger partial charge in [-0.1, -0.05) is 60.8 Å². The van der Waals surface area contributed by atoms with Crippen molar-refractivity contribution in [1.29, 1.82) is 0 Å². The molecule has 1 saturated carbocycles. The predicted octanol–water partition coefficient (Wildman–Crippen LogP) is 5.31. The first-order chi connectivity index (χ1) is 12.2. The van der Waals surface area contributed by atoms with E-state index in [4.69, 9.17) is 9.47 Å². The zero-order valence-electron chi connectivity index (χ0n) is 17.6. The highest BCUT2D eigenvalue weighted by molar-refractivity contribution is 6.00. The molecule has 0 saturated heterocycles. The van der Waals surface area contributed by atoms with Crippen molar-refractivity contribution in [3.8, 4) is 0 Å². The number of carbonyl (C=O) groups is 2. The van der Waals surface area contributed by atoms with E-state index in [9.17, 15) is 9.59 Å². The zero-order chi connectivity index (χ0) is 19.7. The van der Waals surface area contributed by atoms with E-state index in [0.29, 0.717) is 30.8 Å². The Morgan fingerprint density at radius 1 is 0.769 bits per heavy atom. The molecule has 1 aliphatic carbocycles. The van der Waals surface area contributed by atoms with Crippen LogP contribution in [0.4, 0.5) is 0 Å². The maximum Gasteiger partial charge on any atom is 0.334 e. The zero-order valence-corrected chi connectivity index (χ0v) is 17.6. The summed E-state index contributed by atoms with van der Waals surface area (Å²) >= 11 is 0. The van der Waals surface area contributed by atoms with Crippen molar-refractivity contribution in [2.24, 2.45) is 23.7 Å². The lowest BCUT2D eigenvalue weighted by molar-refractivity contribution is -0.144. The van der Waals surface area contributed by atoms with Gasteiger partial charge in [0, 0.05) is 5.57 Å². The van der Waals surface area contributed by atoms with Crippen LogP contribution < -0.4 is 0 Å². The number of esters is 2. The summed E-state index contributed by atoms with van der Waals surface area (Å²) in [6.45, 7) is 12.9. The topological polar surface area (TPSA) is 52.6 Å². The summed E-state index contributed by atoms with van der Waals surface area (Å²) in [6.07, 6.45) is 5.85. The monoisotopic (exact) mass is 366 g/mol. The van der Waals surface area contributed by atoms with E-state index in [0.717, 1.165) is 25.7 Å². The van der Waals surface area contributed by atoms with Crippen LogP contribution in [0.1, 0.15) is 80.1 Å². The summed E-state index contributed by atoms with van der Waals surface area (Å²) in [7, 11) is 0. The molecule has 4 nitrogen and oxygen atoms in total. The number of hydrogen-bond donors (Lipinski definition) is 0. The summed E-state index contributed by atoms with van der Waals surface area (Å²) in [5, 5.41) is 0. The third-order valence-corrected chi connectivity index (χ3v) is 4.51. The van der Waals surface area contributed by atoms with Crippen LogP contribution in [0.5, 0.6) is 0 Å². The first-order valence-corrected chi connectivity index (χ1v) is 10.3. The average Bonchev–Trinajstić information content (AvgIpc) is 2.57. The second kappa shape index (κ2) is 11.4. The molecule has 0 aromatic heterocycles. The maximum atomic E-state index is 12.9. The molecule has 0 aromatic rings. The Kier molecular flexibility index (Phi) is 9.97.